The van der Waals surface area contributed by atoms with Crippen molar-refractivity contribution in [3.8, 4) is 11.1 Å². The maximum absolute atomic E-state index is 13.1. The molecule has 3 amide bonds. The lowest BCUT2D eigenvalue weighted by Gasteiger charge is -2.25. The number of carbonyl (C=O) groups excluding carboxylic acids is 3. The number of nitrogens with one attached hydrogen (secondary N) is 1. The Morgan fingerprint density at radius 2 is 1.47 bits per heavy atom. The number of hydrogen-bond acceptors (Lipinski definition) is 4. The average molecular weight is 428 g/mol. The van der Waals surface area contributed by atoms with E-state index in [0.29, 0.717) is 12.0 Å². The Morgan fingerprint density at radius 3 is 2.09 bits per heavy atom. The van der Waals surface area contributed by atoms with E-state index in [1.54, 1.807) is 12.1 Å². The van der Waals surface area contributed by atoms with Gasteiger partial charge in [-0.05, 0) is 28.7 Å². The third-order valence-corrected chi connectivity index (χ3v) is 5.72. The molecule has 0 unspecified atom stereocenters. The molecule has 1 N–H and O–H groups in total. The van der Waals surface area contributed by atoms with E-state index < -0.39 is 30.0 Å². The zero-order valence-electron chi connectivity index (χ0n) is 17.8. The fraction of sp³-hybridized carbons (Fsp3) is 0.192. The maximum Gasteiger partial charge on any atom is 0.326 e. The number of carbonyl (C=O) groups is 3. The molecule has 0 spiro atoms. The molecule has 0 aliphatic carbocycles. The molecule has 1 aliphatic heterocycles. The first-order valence-corrected chi connectivity index (χ1v) is 10.5. The first-order valence-electron chi connectivity index (χ1n) is 10.5. The van der Waals surface area contributed by atoms with Gasteiger partial charge in [0.15, 0.2) is 0 Å². The molecule has 32 heavy (non-hydrogen) atoms. The van der Waals surface area contributed by atoms with Gasteiger partial charge in [-0.1, -0.05) is 91.9 Å². The Bertz CT molecular complexity index is 1110. The molecule has 1 saturated heterocycles. The van der Waals surface area contributed by atoms with Crippen LogP contribution in [0.2, 0.25) is 0 Å². The van der Waals surface area contributed by atoms with Gasteiger partial charge in [0.05, 0.1) is 0 Å². The molecule has 1 heterocycles. The number of hydrogen-bond donors (Lipinski definition) is 1. The van der Waals surface area contributed by atoms with Crippen LogP contribution in [0, 0.1) is 0 Å². The lowest BCUT2D eigenvalue weighted by Crippen LogP contribution is -2.43. The summed E-state index contributed by atoms with van der Waals surface area (Å²) in [5, 5.41) is 2.76. The zero-order chi connectivity index (χ0) is 22.6. The quantitative estimate of drug-likeness (QED) is 0.451. The minimum atomic E-state index is -1.16. The second kappa shape index (κ2) is 9.06. The molecule has 1 fully saturated rings. The van der Waals surface area contributed by atoms with E-state index in [2.05, 4.69) is 5.32 Å². The molecule has 0 bridgehead atoms. The van der Waals surface area contributed by atoms with Gasteiger partial charge in [-0.3, -0.25) is 14.5 Å². The van der Waals surface area contributed by atoms with Gasteiger partial charge in [0.25, 0.3) is 5.91 Å². The summed E-state index contributed by atoms with van der Waals surface area (Å²) < 4.78 is 5.33. The second-order valence-corrected chi connectivity index (χ2v) is 7.67. The van der Waals surface area contributed by atoms with Crippen molar-refractivity contribution in [3.05, 3.63) is 96.1 Å². The van der Waals surface area contributed by atoms with Gasteiger partial charge in [0.2, 0.25) is 0 Å². The van der Waals surface area contributed by atoms with Crippen LogP contribution in [0.1, 0.15) is 24.5 Å². The van der Waals surface area contributed by atoms with Crippen LogP contribution in [0.15, 0.2) is 84.9 Å². The highest BCUT2D eigenvalue weighted by Crippen LogP contribution is 2.32. The van der Waals surface area contributed by atoms with Gasteiger partial charge in [0, 0.05) is 0 Å². The van der Waals surface area contributed by atoms with Crippen LogP contribution in [0.5, 0.6) is 0 Å². The van der Waals surface area contributed by atoms with Crippen molar-refractivity contribution in [1.82, 2.24) is 10.2 Å². The fourth-order valence-corrected chi connectivity index (χ4v) is 3.89. The molecule has 0 aromatic heterocycles. The lowest BCUT2D eigenvalue weighted by atomic mass is 9.87. The van der Waals surface area contributed by atoms with E-state index in [9.17, 15) is 14.4 Å². The smallest absolute Gasteiger partial charge is 0.326 e. The first kappa shape index (κ1) is 21.3. The summed E-state index contributed by atoms with van der Waals surface area (Å²) in [7, 11) is 0. The summed E-state index contributed by atoms with van der Waals surface area (Å²) in [5.74, 6) is -1.08. The normalized spacial score (nSPS) is 17.8. The maximum atomic E-state index is 13.1. The van der Waals surface area contributed by atoms with E-state index in [1.165, 1.54) is 0 Å². The van der Waals surface area contributed by atoms with Crippen LogP contribution >= 0.6 is 0 Å². The molecule has 6 heteroatoms. The number of esters is 1. The van der Waals surface area contributed by atoms with Gasteiger partial charge in [0.1, 0.15) is 18.7 Å². The van der Waals surface area contributed by atoms with E-state index in [1.807, 2.05) is 79.7 Å². The summed E-state index contributed by atoms with van der Waals surface area (Å²) in [6.45, 7) is 1.46. The molecule has 4 rings (SSSR count). The van der Waals surface area contributed by atoms with Gasteiger partial charge < -0.3 is 10.1 Å². The zero-order valence-corrected chi connectivity index (χ0v) is 17.8. The third-order valence-electron chi connectivity index (χ3n) is 5.72. The van der Waals surface area contributed by atoms with E-state index in [0.717, 1.165) is 21.6 Å². The number of benzene rings is 3. The molecule has 162 valence electrons. The third kappa shape index (κ3) is 4.12. The molecule has 0 radical (unpaired) electrons. The predicted molar refractivity (Wildman–Crippen MR) is 120 cm³/mol. The van der Waals surface area contributed by atoms with Crippen LogP contribution in [-0.4, -0.2) is 29.4 Å². The Hall–Kier alpha value is -3.93. The van der Waals surface area contributed by atoms with E-state index in [-0.39, 0.29) is 6.61 Å². The molecule has 6 nitrogen and oxygen atoms in total. The lowest BCUT2D eigenvalue weighted by molar-refractivity contribution is -0.149. The molecule has 3 aromatic rings. The number of ether oxygens (including phenoxy) is 1. The number of imide groups is 1. The van der Waals surface area contributed by atoms with Crippen molar-refractivity contribution in [1.29, 1.82) is 0 Å². The highest BCUT2D eigenvalue weighted by molar-refractivity contribution is 6.09. The summed E-state index contributed by atoms with van der Waals surface area (Å²) in [5.41, 5.74) is 2.52. The molecular weight excluding hydrogens is 404 g/mol. The van der Waals surface area contributed by atoms with Gasteiger partial charge in [-0.15, -0.1) is 0 Å². The van der Waals surface area contributed by atoms with Crippen molar-refractivity contribution in [3.63, 3.8) is 0 Å². The topological polar surface area (TPSA) is 75.7 Å². The van der Waals surface area contributed by atoms with Crippen LogP contribution in [-0.2, 0) is 26.5 Å². The highest BCUT2D eigenvalue weighted by Gasteiger charge is 2.51. The second-order valence-electron chi connectivity index (χ2n) is 7.67. The average Bonchev–Trinajstić information content (AvgIpc) is 3.09. The first-order chi connectivity index (χ1) is 15.5. The Balaban J connectivity index is 1.38. The minimum absolute atomic E-state index is 0.0646. The van der Waals surface area contributed by atoms with Crippen molar-refractivity contribution in [2.75, 3.05) is 6.54 Å². The van der Waals surface area contributed by atoms with Crippen molar-refractivity contribution < 1.29 is 19.1 Å². The largest absolute Gasteiger partial charge is 0.459 e. The summed E-state index contributed by atoms with van der Waals surface area (Å²) >= 11 is 0. The number of rotatable bonds is 7. The predicted octanol–water partition coefficient (Wildman–Crippen LogP) is 4.25. The molecule has 0 saturated carbocycles. The number of nitrogens with zero attached hydrogens (tertiary/aromatic N) is 1. The highest BCUT2D eigenvalue weighted by atomic mass is 16.5. The monoisotopic (exact) mass is 428 g/mol. The molecular formula is C26H24N2O4. The Kier molecular flexibility index (Phi) is 6.03. The van der Waals surface area contributed by atoms with E-state index in [4.69, 9.17) is 4.74 Å². The van der Waals surface area contributed by atoms with E-state index >= 15 is 0 Å². The van der Waals surface area contributed by atoms with Crippen LogP contribution in [0.25, 0.3) is 11.1 Å². The molecule has 1 aliphatic rings. The number of amides is 3. The Labute approximate surface area is 186 Å². The fourth-order valence-electron chi connectivity index (χ4n) is 3.89. The van der Waals surface area contributed by atoms with Crippen molar-refractivity contribution in [2.24, 2.45) is 0 Å². The SMILES string of the molecule is CC[C@@]1(c2ccccc2)NC(=O)N(CC(=O)OCc2ccc(-c3ccccc3)cc2)C1=O. The molecule has 3 aromatic carbocycles. The van der Waals surface area contributed by atoms with Crippen LogP contribution in [0.4, 0.5) is 4.79 Å². The van der Waals surface area contributed by atoms with Crippen molar-refractivity contribution >= 4 is 17.9 Å². The minimum Gasteiger partial charge on any atom is -0.459 e. The summed E-state index contributed by atoms with van der Waals surface area (Å²) in [4.78, 5) is 38.9. The van der Waals surface area contributed by atoms with Gasteiger partial charge in [-0.2, -0.15) is 0 Å². The Morgan fingerprint density at radius 1 is 0.875 bits per heavy atom. The van der Waals surface area contributed by atoms with Crippen molar-refractivity contribution in [2.45, 2.75) is 25.5 Å². The summed E-state index contributed by atoms with van der Waals surface area (Å²) in [6.07, 6.45) is 0.376. The van der Waals surface area contributed by atoms with Crippen LogP contribution < -0.4 is 5.32 Å². The van der Waals surface area contributed by atoms with Crippen LogP contribution in [0.3, 0.4) is 0 Å². The standard InChI is InChI=1S/C26H24N2O4/c1-2-26(22-11-7-4-8-12-22)24(30)28(25(31)27-26)17-23(29)32-18-19-13-15-21(16-14-19)20-9-5-3-6-10-20/h3-16H,2,17-18H2,1H3,(H,27,31)/t26-/m0/s1. The number of urea groups is 1. The van der Waals surface area contributed by atoms with Gasteiger partial charge in [-0.25, -0.2) is 4.79 Å². The molecule has 1 atom stereocenters. The summed E-state index contributed by atoms with van der Waals surface area (Å²) in [6, 6.07) is 26.1. The van der Waals surface area contributed by atoms with Gasteiger partial charge >= 0.3 is 12.0 Å².